The van der Waals surface area contributed by atoms with Crippen molar-refractivity contribution in [2.45, 2.75) is 110 Å². The maximum Gasteiger partial charge on any atom is 0.304 e. The number of esters is 1. The number of azide groups is 1. The van der Waals surface area contributed by atoms with Crippen LogP contribution < -0.4 is 10.4 Å². The molecule has 0 amide bonds. The predicted molar refractivity (Wildman–Crippen MR) is 199 cm³/mol. The van der Waals surface area contributed by atoms with Gasteiger partial charge in [0.05, 0.1) is 31.5 Å². The molecule has 11 heteroatoms. The Bertz CT molecular complexity index is 1560. The highest BCUT2D eigenvalue weighted by Gasteiger charge is 2.53. The first-order valence-corrected chi connectivity index (χ1v) is 19.9. The molecule has 0 bridgehead atoms. The zero-order chi connectivity index (χ0) is 36.8. The molecule has 0 N–H and O–H groups in total. The van der Waals surface area contributed by atoms with Crippen molar-refractivity contribution in [3.05, 3.63) is 107 Å². The Morgan fingerprint density at radius 1 is 0.804 bits per heavy atom. The molecule has 4 unspecified atom stereocenters. The van der Waals surface area contributed by atoms with Crippen LogP contribution in [0.4, 0.5) is 0 Å². The zero-order valence-corrected chi connectivity index (χ0v) is 32.0. The molecule has 0 aliphatic carbocycles. The summed E-state index contributed by atoms with van der Waals surface area (Å²) < 4.78 is 39.5. The van der Waals surface area contributed by atoms with Crippen molar-refractivity contribution in [3.8, 4) is 0 Å². The summed E-state index contributed by atoms with van der Waals surface area (Å²) in [6.07, 6.45) is -3.42. The van der Waals surface area contributed by atoms with Crippen molar-refractivity contribution in [1.29, 1.82) is 0 Å². The van der Waals surface area contributed by atoms with Gasteiger partial charge in [-0.3, -0.25) is 4.79 Å². The molecule has 0 saturated carbocycles. The molecule has 2 heterocycles. The topological polar surface area (TPSA) is 121 Å². The van der Waals surface area contributed by atoms with Gasteiger partial charge in [0.2, 0.25) is 6.29 Å². The van der Waals surface area contributed by atoms with E-state index >= 15 is 0 Å². The molecule has 2 aliphatic rings. The van der Waals surface area contributed by atoms with Crippen LogP contribution in [-0.4, -0.2) is 63.9 Å². The quantitative estimate of drug-likeness (QED) is 0.0642. The molecule has 0 spiro atoms. The number of hydrogen-bond acceptors (Lipinski definition) is 8. The molecule has 2 fully saturated rings. The van der Waals surface area contributed by atoms with Gasteiger partial charge in [-0.25, -0.2) is 0 Å². The third-order valence-corrected chi connectivity index (χ3v) is 15.5. The van der Waals surface area contributed by atoms with E-state index in [-0.39, 0.29) is 35.7 Å². The van der Waals surface area contributed by atoms with Gasteiger partial charge >= 0.3 is 5.97 Å². The Labute approximate surface area is 303 Å². The summed E-state index contributed by atoms with van der Waals surface area (Å²) in [5.74, 6) is -1.00. The van der Waals surface area contributed by atoms with E-state index in [1.807, 2.05) is 68.4 Å². The SMILES string of the molecule is CC(=O)O[C@@H]1OC(CO[Si](c2ccccc2)(c2ccccc2)C(C)(C)C)[C@@H](O[C@@H]2OC(C)[C@@H](C)[C@@H](OCc3ccccc3)C2C)[C@H](C)C1N=[N+]=[N-]. The number of benzene rings is 3. The molecular formula is C40H53N3O7Si. The third kappa shape index (κ3) is 8.58. The molecule has 3 aromatic rings. The van der Waals surface area contributed by atoms with E-state index in [1.54, 1.807) is 0 Å². The molecule has 5 rings (SSSR count). The highest BCUT2D eigenvalue weighted by atomic mass is 28.4. The van der Waals surface area contributed by atoms with Crippen LogP contribution in [0.1, 0.15) is 61.0 Å². The van der Waals surface area contributed by atoms with Gasteiger partial charge in [-0.05, 0) is 39.3 Å². The summed E-state index contributed by atoms with van der Waals surface area (Å²) in [6, 6.07) is 30.0. The number of ether oxygens (including phenoxy) is 5. The van der Waals surface area contributed by atoms with Gasteiger partial charge < -0.3 is 28.1 Å². The Balaban J connectivity index is 1.49. The second-order valence-corrected chi connectivity index (χ2v) is 19.3. The average molecular weight is 716 g/mol. The van der Waals surface area contributed by atoms with E-state index in [9.17, 15) is 10.3 Å². The van der Waals surface area contributed by atoms with Crippen molar-refractivity contribution in [3.63, 3.8) is 0 Å². The summed E-state index contributed by atoms with van der Waals surface area (Å²) in [5.41, 5.74) is 10.7. The van der Waals surface area contributed by atoms with Gasteiger partial charge in [-0.1, -0.05) is 138 Å². The molecule has 3 aromatic carbocycles. The Hall–Kier alpha value is -3.54. The minimum absolute atomic E-state index is 0.113. The minimum atomic E-state index is -2.99. The molecule has 10 atom stereocenters. The van der Waals surface area contributed by atoms with Gasteiger partial charge in [-0.15, -0.1) is 0 Å². The minimum Gasteiger partial charge on any atom is -0.435 e. The van der Waals surface area contributed by atoms with Crippen molar-refractivity contribution < 1.29 is 32.9 Å². The molecular weight excluding hydrogens is 663 g/mol. The fourth-order valence-corrected chi connectivity index (χ4v) is 12.2. The first-order valence-electron chi connectivity index (χ1n) is 18.0. The van der Waals surface area contributed by atoms with Gasteiger partial charge in [0.15, 0.2) is 6.29 Å². The predicted octanol–water partition coefficient (Wildman–Crippen LogP) is 7.15. The molecule has 274 valence electrons. The van der Waals surface area contributed by atoms with Gasteiger partial charge in [0.1, 0.15) is 12.1 Å². The lowest BCUT2D eigenvalue weighted by atomic mass is 9.85. The van der Waals surface area contributed by atoms with Crippen LogP contribution in [0.2, 0.25) is 5.04 Å². The van der Waals surface area contributed by atoms with Crippen LogP contribution in [0.25, 0.3) is 10.4 Å². The van der Waals surface area contributed by atoms with Crippen molar-refractivity contribution >= 4 is 24.7 Å². The molecule has 0 radical (unpaired) electrons. The van der Waals surface area contributed by atoms with E-state index in [0.717, 1.165) is 15.9 Å². The van der Waals surface area contributed by atoms with E-state index in [4.69, 9.17) is 28.1 Å². The van der Waals surface area contributed by atoms with Crippen molar-refractivity contribution in [2.24, 2.45) is 22.9 Å². The smallest absolute Gasteiger partial charge is 0.304 e. The van der Waals surface area contributed by atoms with Crippen LogP contribution in [0.15, 0.2) is 96.1 Å². The highest BCUT2D eigenvalue weighted by molar-refractivity contribution is 6.99. The third-order valence-electron chi connectivity index (χ3n) is 10.5. The summed E-state index contributed by atoms with van der Waals surface area (Å²) in [4.78, 5) is 15.4. The van der Waals surface area contributed by atoms with Gasteiger partial charge in [0, 0.05) is 23.7 Å². The second-order valence-electron chi connectivity index (χ2n) is 15.0. The van der Waals surface area contributed by atoms with Crippen molar-refractivity contribution in [1.82, 2.24) is 0 Å². The largest absolute Gasteiger partial charge is 0.435 e. The molecule has 0 aromatic heterocycles. The molecule has 2 saturated heterocycles. The van der Waals surface area contributed by atoms with E-state index in [1.165, 1.54) is 6.92 Å². The lowest BCUT2D eigenvalue weighted by Gasteiger charge is -2.49. The standard InChI is InChI=1S/C40H53N3O7Si/c1-26-29(4)47-38(28(3)36(26)45-24-31-18-12-9-13-19-31)50-37-27(2)35(42-43-41)39(48-30(5)44)49-34(37)25-46-51(40(6,7)8,32-20-14-10-15-21-32)33-22-16-11-17-23-33/h9-23,26-29,34-39H,24-25H2,1-8H3/t26-,27-,28?,29?,34?,35?,36-,37+,38+,39-/m1/s1. The Kier molecular flexibility index (Phi) is 12.8. The summed E-state index contributed by atoms with van der Waals surface area (Å²) in [7, 11) is -2.99. The lowest BCUT2D eigenvalue weighted by Crippen LogP contribution is -2.68. The zero-order valence-electron chi connectivity index (χ0n) is 31.0. The average Bonchev–Trinajstić information content (AvgIpc) is 3.11. The van der Waals surface area contributed by atoms with Crippen LogP contribution in [0.5, 0.6) is 0 Å². The van der Waals surface area contributed by atoms with Crippen LogP contribution in [0.3, 0.4) is 0 Å². The summed E-state index contributed by atoms with van der Waals surface area (Å²) >= 11 is 0. The van der Waals surface area contributed by atoms with Crippen LogP contribution >= 0.6 is 0 Å². The van der Waals surface area contributed by atoms with E-state index in [2.05, 4.69) is 81.0 Å². The second kappa shape index (κ2) is 16.9. The first kappa shape index (κ1) is 38.7. The summed E-state index contributed by atoms with van der Waals surface area (Å²) in [6.45, 7) is 16.7. The fraction of sp³-hybridized carbons (Fsp3) is 0.525. The molecule has 2 aliphatic heterocycles. The van der Waals surface area contributed by atoms with E-state index in [0.29, 0.717) is 6.61 Å². The normalized spacial score (nSPS) is 29.9. The summed E-state index contributed by atoms with van der Waals surface area (Å²) in [5, 5.41) is 6.01. The number of nitrogens with zero attached hydrogens (tertiary/aromatic N) is 3. The monoisotopic (exact) mass is 715 g/mol. The Morgan fingerprint density at radius 2 is 1.37 bits per heavy atom. The van der Waals surface area contributed by atoms with E-state index < -0.39 is 51.0 Å². The highest BCUT2D eigenvalue weighted by Crippen LogP contribution is 2.40. The maximum atomic E-state index is 12.3. The number of carbonyl (C=O) groups excluding carboxylic acids is 1. The Morgan fingerprint density at radius 3 is 1.90 bits per heavy atom. The molecule has 10 nitrogen and oxygen atoms in total. The lowest BCUT2D eigenvalue weighted by molar-refractivity contribution is -0.320. The van der Waals surface area contributed by atoms with Crippen LogP contribution in [-0.2, 0) is 39.5 Å². The maximum absolute atomic E-state index is 12.3. The van der Waals surface area contributed by atoms with Crippen LogP contribution in [0, 0.1) is 17.8 Å². The first-order chi connectivity index (χ1) is 24.4. The number of hydrogen-bond donors (Lipinski definition) is 0. The number of carbonyl (C=O) groups is 1. The number of rotatable bonds is 12. The fourth-order valence-electron chi connectivity index (χ4n) is 7.65. The van der Waals surface area contributed by atoms with Crippen molar-refractivity contribution in [2.75, 3.05) is 6.61 Å². The van der Waals surface area contributed by atoms with Gasteiger partial charge in [-0.2, -0.15) is 0 Å². The van der Waals surface area contributed by atoms with Gasteiger partial charge in [0.25, 0.3) is 8.32 Å². The molecule has 51 heavy (non-hydrogen) atoms.